The molecule has 0 saturated heterocycles. The number of nitriles is 1. The molecule has 0 unspecified atom stereocenters. The van der Waals surface area contributed by atoms with Crippen LogP contribution in [0, 0.1) is 21.4 Å². The van der Waals surface area contributed by atoms with Gasteiger partial charge in [0.05, 0.1) is 33.5 Å². The summed E-state index contributed by atoms with van der Waals surface area (Å²) in [6.07, 6.45) is 2.74. The molecular formula is C21H19ClN4O5. The van der Waals surface area contributed by atoms with Gasteiger partial charge in [-0.1, -0.05) is 37.1 Å². The summed E-state index contributed by atoms with van der Waals surface area (Å²) >= 11 is 5.97. The number of nitro benzene ring substituents is 1. The number of esters is 1. The highest BCUT2D eigenvalue weighted by molar-refractivity contribution is 6.34. The van der Waals surface area contributed by atoms with Crippen molar-refractivity contribution < 1.29 is 19.2 Å². The molecule has 2 rings (SSSR count). The van der Waals surface area contributed by atoms with Gasteiger partial charge in [-0.05, 0) is 24.6 Å². The summed E-state index contributed by atoms with van der Waals surface area (Å²) in [7, 11) is 0. The van der Waals surface area contributed by atoms with Crippen LogP contribution in [0.1, 0.15) is 30.1 Å². The van der Waals surface area contributed by atoms with Gasteiger partial charge in [-0.25, -0.2) is 4.79 Å². The lowest BCUT2D eigenvalue weighted by Gasteiger charge is -2.10. The first kappa shape index (κ1) is 23.4. The van der Waals surface area contributed by atoms with Gasteiger partial charge in [0.1, 0.15) is 11.6 Å². The lowest BCUT2D eigenvalue weighted by molar-refractivity contribution is -0.384. The van der Waals surface area contributed by atoms with Gasteiger partial charge >= 0.3 is 5.97 Å². The summed E-state index contributed by atoms with van der Waals surface area (Å²) in [5.41, 5.74) is -0.0262. The van der Waals surface area contributed by atoms with Crippen molar-refractivity contribution in [2.45, 2.75) is 19.8 Å². The minimum Gasteiger partial charge on any atom is -0.462 e. The number of unbranched alkanes of at least 4 members (excludes halogenated alkanes) is 1. The largest absolute Gasteiger partial charge is 0.462 e. The number of rotatable bonds is 9. The van der Waals surface area contributed by atoms with Crippen LogP contribution in [0.3, 0.4) is 0 Å². The third kappa shape index (κ3) is 6.55. The fourth-order valence-corrected chi connectivity index (χ4v) is 2.55. The van der Waals surface area contributed by atoms with Crippen LogP contribution in [0.5, 0.6) is 0 Å². The van der Waals surface area contributed by atoms with Crippen molar-refractivity contribution in [2.24, 2.45) is 0 Å². The number of ether oxygens (including phenoxy) is 1. The monoisotopic (exact) mass is 442 g/mol. The van der Waals surface area contributed by atoms with E-state index in [0.717, 1.165) is 25.1 Å². The second kappa shape index (κ2) is 11.3. The van der Waals surface area contributed by atoms with Gasteiger partial charge < -0.3 is 15.4 Å². The zero-order chi connectivity index (χ0) is 22.8. The molecule has 0 aliphatic rings. The predicted octanol–water partition coefficient (Wildman–Crippen LogP) is 4.66. The topological polar surface area (TPSA) is 134 Å². The maximum atomic E-state index is 12.4. The second-order valence-corrected chi connectivity index (χ2v) is 6.63. The Morgan fingerprint density at radius 1 is 1.26 bits per heavy atom. The number of carbonyl (C=O) groups excluding carboxylic acids is 2. The van der Waals surface area contributed by atoms with E-state index in [1.807, 2.05) is 6.92 Å². The van der Waals surface area contributed by atoms with Crippen molar-refractivity contribution >= 4 is 40.5 Å². The molecular weight excluding hydrogens is 424 g/mol. The van der Waals surface area contributed by atoms with Crippen LogP contribution in [0.2, 0.25) is 5.02 Å². The third-order valence-corrected chi connectivity index (χ3v) is 4.35. The van der Waals surface area contributed by atoms with Crippen molar-refractivity contribution in [3.05, 3.63) is 74.9 Å². The summed E-state index contributed by atoms with van der Waals surface area (Å²) in [5, 5.41) is 25.4. The van der Waals surface area contributed by atoms with Gasteiger partial charge in [0.2, 0.25) is 0 Å². The molecule has 0 bridgehead atoms. The summed E-state index contributed by atoms with van der Waals surface area (Å²) in [5.74, 6) is -1.36. The lowest BCUT2D eigenvalue weighted by atomic mass is 10.1. The summed E-state index contributed by atoms with van der Waals surface area (Å²) in [6.45, 7) is 2.26. The Morgan fingerprint density at radius 3 is 2.68 bits per heavy atom. The standard InChI is InChI=1S/C21H19ClN4O5/c1-2-3-10-31-21(28)16-6-4-5-7-18(16)24-13-14(12-23)20(27)25-19-11-15(26(29)30)8-9-17(19)22/h4-9,11,13,24H,2-3,10H2,1H3,(H,25,27)/b14-13-. The van der Waals surface area contributed by atoms with E-state index >= 15 is 0 Å². The fraction of sp³-hybridized carbons (Fsp3) is 0.190. The number of nitrogens with zero attached hydrogens (tertiary/aromatic N) is 2. The van der Waals surface area contributed by atoms with Gasteiger partial charge in [0.15, 0.2) is 0 Å². The van der Waals surface area contributed by atoms with Crippen LogP contribution in [-0.4, -0.2) is 23.4 Å². The van der Waals surface area contributed by atoms with Crippen LogP contribution >= 0.6 is 11.6 Å². The Kier molecular flexibility index (Phi) is 8.54. The van der Waals surface area contributed by atoms with Crippen molar-refractivity contribution in [3.63, 3.8) is 0 Å². The smallest absolute Gasteiger partial charge is 0.340 e. The van der Waals surface area contributed by atoms with E-state index in [2.05, 4.69) is 10.6 Å². The van der Waals surface area contributed by atoms with Gasteiger partial charge in [-0.2, -0.15) is 5.26 Å². The number of hydrogen-bond donors (Lipinski definition) is 2. The number of nitrogens with one attached hydrogen (secondary N) is 2. The van der Waals surface area contributed by atoms with Crippen LogP contribution in [0.4, 0.5) is 17.1 Å². The highest BCUT2D eigenvalue weighted by atomic mass is 35.5. The molecule has 0 fully saturated rings. The molecule has 31 heavy (non-hydrogen) atoms. The van der Waals surface area contributed by atoms with Gasteiger partial charge in [-0.15, -0.1) is 0 Å². The molecule has 0 heterocycles. The number of anilines is 2. The Balaban J connectivity index is 2.18. The Bertz CT molecular complexity index is 1060. The number of para-hydroxylation sites is 1. The summed E-state index contributed by atoms with van der Waals surface area (Å²) in [6, 6.07) is 11.8. The minimum absolute atomic E-state index is 0.0121. The molecule has 9 nitrogen and oxygen atoms in total. The molecule has 2 aromatic carbocycles. The van der Waals surface area contributed by atoms with E-state index < -0.39 is 16.8 Å². The number of benzene rings is 2. The maximum Gasteiger partial charge on any atom is 0.340 e. The highest BCUT2D eigenvalue weighted by Gasteiger charge is 2.16. The quantitative estimate of drug-likeness (QED) is 0.144. The highest BCUT2D eigenvalue weighted by Crippen LogP contribution is 2.27. The number of amides is 1. The van der Waals surface area contributed by atoms with Crippen molar-refractivity contribution in [1.82, 2.24) is 0 Å². The van der Waals surface area contributed by atoms with Gasteiger partial charge in [0.25, 0.3) is 11.6 Å². The van der Waals surface area contributed by atoms with E-state index in [9.17, 15) is 25.0 Å². The number of halogens is 1. The average Bonchev–Trinajstić information content (AvgIpc) is 2.76. The number of carbonyl (C=O) groups is 2. The van der Waals surface area contributed by atoms with Crippen LogP contribution in [0.15, 0.2) is 54.2 Å². The number of hydrogen-bond acceptors (Lipinski definition) is 7. The van der Waals surface area contributed by atoms with Gasteiger partial charge in [-0.3, -0.25) is 14.9 Å². The van der Waals surface area contributed by atoms with E-state index in [-0.39, 0.29) is 34.1 Å². The molecule has 0 atom stereocenters. The SMILES string of the molecule is CCCCOC(=O)c1ccccc1N/C=C(/C#N)C(=O)Nc1cc([N+](=O)[O-])ccc1Cl. The Labute approximate surface area is 183 Å². The zero-order valence-corrected chi connectivity index (χ0v) is 17.3. The number of non-ortho nitro benzene ring substituents is 1. The molecule has 160 valence electrons. The molecule has 2 aromatic rings. The molecule has 1 amide bonds. The van der Waals surface area contributed by atoms with E-state index in [0.29, 0.717) is 5.69 Å². The van der Waals surface area contributed by atoms with E-state index in [4.69, 9.17) is 16.3 Å². The number of nitro groups is 1. The maximum absolute atomic E-state index is 12.4. The molecule has 0 aliphatic carbocycles. The van der Waals surface area contributed by atoms with E-state index in [1.165, 1.54) is 12.1 Å². The Morgan fingerprint density at radius 2 is 2.00 bits per heavy atom. The lowest BCUT2D eigenvalue weighted by Crippen LogP contribution is -2.15. The van der Waals surface area contributed by atoms with Crippen LogP contribution < -0.4 is 10.6 Å². The molecule has 0 aliphatic heterocycles. The molecule has 2 N–H and O–H groups in total. The molecule has 0 aromatic heterocycles. The summed E-state index contributed by atoms with van der Waals surface area (Å²) in [4.78, 5) is 35.0. The van der Waals surface area contributed by atoms with Crippen LogP contribution in [-0.2, 0) is 9.53 Å². The second-order valence-electron chi connectivity index (χ2n) is 6.22. The zero-order valence-electron chi connectivity index (χ0n) is 16.6. The summed E-state index contributed by atoms with van der Waals surface area (Å²) < 4.78 is 5.20. The predicted molar refractivity (Wildman–Crippen MR) is 116 cm³/mol. The molecule has 0 radical (unpaired) electrons. The Hall–Kier alpha value is -3.90. The average molecular weight is 443 g/mol. The fourth-order valence-electron chi connectivity index (χ4n) is 2.38. The van der Waals surface area contributed by atoms with Crippen molar-refractivity contribution in [3.8, 4) is 6.07 Å². The van der Waals surface area contributed by atoms with E-state index in [1.54, 1.807) is 30.3 Å². The first-order chi connectivity index (χ1) is 14.9. The molecule has 0 spiro atoms. The molecule has 0 saturated carbocycles. The first-order valence-electron chi connectivity index (χ1n) is 9.25. The minimum atomic E-state index is -0.833. The third-order valence-electron chi connectivity index (χ3n) is 4.02. The van der Waals surface area contributed by atoms with Crippen molar-refractivity contribution in [2.75, 3.05) is 17.2 Å². The van der Waals surface area contributed by atoms with Crippen LogP contribution in [0.25, 0.3) is 0 Å². The first-order valence-corrected chi connectivity index (χ1v) is 9.63. The van der Waals surface area contributed by atoms with Crippen molar-refractivity contribution in [1.29, 1.82) is 5.26 Å². The normalized spacial score (nSPS) is 10.7. The van der Waals surface area contributed by atoms with Gasteiger partial charge in [0, 0.05) is 18.3 Å². The molecule has 10 heteroatoms.